The van der Waals surface area contributed by atoms with Crippen LogP contribution in [0.25, 0.3) is 0 Å². The highest BCUT2D eigenvalue weighted by Crippen LogP contribution is 2.41. The highest BCUT2D eigenvalue weighted by atomic mass is 35.5. The van der Waals surface area contributed by atoms with E-state index in [9.17, 15) is 0 Å². The molecule has 60 valence electrons. The Kier molecular flexibility index (Phi) is 2.23. The first-order valence-electron chi connectivity index (χ1n) is 3.69. The van der Waals surface area contributed by atoms with Crippen molar-refractivity contribution in [2.24, 2.45) is 5.41 Å². The minimum Gasteiger partial charge on any atom is -0.396 e. The molecule has 0 amide bonds. The number of nitrogens with one attached hydrogen (secondary N) is 1. The van der Waals surface area contributed by atoms with Crippen molar-refractivity contribution < 1.29 is 5.11 Å². The SMILES string of the molecule is Cl.OC[C@]12CC[C@H](C1)NC2. The van der Waals surface area contributed by atoms with E-state index in [1.54, 1.807) is 0 Å². The summed E-state index contributed by atoms with van der Waals surface area (Å²) in [4.78, 5) is 0. The lowest BCUT2D eigenvalue weighted by Gasteiger charge is -2.22. The highest BCUT2D eigenvalue weighted by molar-refractivity contribution is 5.85. The van der Waals surface area contributed by atoms with Gasteiger partial charge in [-0.25, -0.2) is 0 Å². The van der Waals surface area contributed by atoms with Gasteiger partial charge >= 0.3 is 0 Å². The zero-order chi connectivity index (χ0) is 6.32. The molecule has 2 N–H and O–H groups in total. The molecule has 2 nitrogen and oxygen atoms in total. The summed E-state index contributed by atoms with van der Waals surface area (Å²) in [6.07, 6.45) is 3.73. The minimum absolute atomic E-state index is 0. The molecule has 0 spiro atoms. The zero-order valence-electron chi connectivity index (χ0n) is 5.97. The van der Waals surface area contributed by atoms with Crippen molar-refractivity contribution in [2.75, 3.05) is 13.2 Å². The summed E-state index contributed by atoms with van der Waals surface area (Å²) in [5.41, 5.74) is 0.296. The summed E-state index contributed by atoms with van der Waals surface area (Å²) in [7, 11) is 0. The van der Waals surface area contributed by atoms with Crippen LogP contribution < -0.4 is 5.32 Å². The number of aliphatic hydroxyl groups is 1. The number of rotatable bonds is 1. The molecule has 0 unspecified atom stereocenters. The number of piperidine rings is 1. The summed E-state index contributed by atoms with van der Waals surface area (Å²) in [5, 5.41) is 12.4. The third kappa shape index (κ3) is 1.04. The molecule has 0 aromatic heterocycles. The maximum atomic E-state index is 9.00. The predicted octanol–water partition coefficient (Wildman–Crippen LogP) is 0.543. The van der Waals surface area contributed by atoms with Crippen LogP contribution in [0.1, 0.15) is 19.3 Å². The normalized spacial score (nSPS) is 43.5. The predicted molar refractivity (Wildman–Crippen MR) is 42.4 cm³/mol. The Morgan fingerprint density at radius 3 is 2.60 bits per heavy atom. The average molecular weight is 164 g/mol. The first kappa shape index (κ1) is 8.31. The zero-order valence-corrected chi connectivity index (χ0v) is 6.78. The van der Waals surface area contributed by atoms with E-state index >= 15 is 0 Å². The fraction of sp³-hybridized carbons (Fsp3) is 1.00. The van der Waals surface area contributed by atoms with E-state index in [2.05, 4.69) is 5.32 Å². The van der Waals surface area contributed by atoms with E-state index in [1.807, 2.05) is 0 Å². The number of hydrogen-bond acceptors (Lipinski definition) is 2. The molecule has 0 aromatic rings. The van der Waals surface area contributed by atoms with Crippen LogP contribution >= 0.6 is 12.4 Å². The Morgan fingerprint density at radius 1 is 1.60 bits per heavy atom. The van der Waals surface area contributed by atoms with Crippen LogP contribution in [-0.2, 0) is 0 Å². The van der Waals surface area contributed by atoms with Gasteiger partial charge in [-0.3, -0.25) is 0 Å². The smallest absolute Gasteiger partial charge is 0.0500 e. The number of fused-ring (bicyclic) bond motifs is 2. The van der Waals surface area contributed by atoms with Gasteiger partial charge < -0.3 is 10.4 Å². The Hall–Kier alpha value is 0.210. The number of aliphatic hydroxyl groups excluding tert-OH is 1. The molecule has 0 aromatic carbocycles. The lowest BCUT2D eigenvalue weighted by atomic mass is 9.89. The van der Waals surface area contributed by atoms with Gasteiger partial charge in [-0.15, -0.1) is 12.4 Å². The quantitative estimate of drug-likeness (QED) is 0.592. The second-order valence-corrected chi connectivity index (χ2v) is 3.48. The first-order chi connectivity index (χ1) is 4.35. The van der Waals surface area contributed by atoms with E-state index in [0.717, 1.165) is 12.6 Å². The van der Waals surface area contributed by atoms with E-state index in [0.29, 0.717) is 12.0 Å². The maximum Gasteiger partial charge on any atom is 0.0500 e. The van der Waals surface area contributed by atoms with Gasteiger partial charge in [0, 0.05) is 24.6 Å². The largest absolute Gasteiger partial charge is 0.396 e. The van der Waals surface area contributed by atoms with Crippen LogP contribution in [0.3, 0.4) is 0 Å². The molecule has 3 heteroatoms. The summed E-state index contributed by atoms with van der Waals surface area (Å²) in [6, 6.07) is 0.733. The van der Waals surface area contributed by atoms with Gasteiger partial charge in [0.05, 0.1) is 0 Å². The van der Waals surface area contributed by atoms with Crippen LogP contribution in [0.15, 0.2) is 0 Å². The second kappa shape index (κ2) is 2.68. The molecule has 2 aliphatic rings. The van der Waals surface area contributed by atoms with E-state index in [4.69, 9.17) is 5.11 Å². The Morgan fingerprint density at radius 2 is 2.40 bits per heavy atom. The van der Waals surface area contributed by atoms with Gasteiger partial charge in [0.2, 0.25) is 0 Å². The van der Waals surface area contributed by atoms with Crippen LogP contribution in [0, 0.1) is 5.41 Å². The molecule has 1 aliphatic carbocycles. The molecule has 2 bridgehead atoms. The van der Waals surface area contributed by atoms with Crippen molar-refractivity contribution >= 4 is 12.4 Å². The maximum absolute atomic E-state index is 9.00. The van der Waals surface area contributed by atoms with Crippen molar-refractivity contribution in [3.63, 3.8) is 0 Å². The molecule has 2 rings (SSSR count). The molecule has 2 fully saturated rings. The Bertz CT molecular complexity index is 121. The number of hydrogen-bond donors (Lipinski definition) is 2. The molecular weight excluding hydrogens is 150 g/mol. The van der Waals surface area contributed by atoms with Crippen LogP contribution in [-0.4, -0.2) is 24.3 Å². The average Bonchev–Trinajstić information content (AvgIpc) is 2.46. The van der Waals surface area contributed by atoms with Gasteiger partial charge in [0.15, 0.2) is 0 Å². The summed E-state index contributed by atoms with van der Waals surface area (Å²) in [5.74, 6) is 0. The number of halogens is 1. The van der Waals surface area contributed by atoms with Crippen molar-refractivity contribution in [3.05, 3.63) is 0 Å². The van der Waals surface area contributed by atoms with Crippen molar-refractivity contribution in [1.82, 2.24) is 5.32 Å². The molecule has 1 saturated heterocycles. The van der Waals surface area contributed by atoms with Gasteiger partial charge in [-0.1, -0.05) is 0 Å². The third-order valence-electron chi connectivity index (χ3n) is 2.80. The van der Waals surface area contributed by atoms with Crippen molar-refractivity contribution in [1.29, 1.82) is 0 Å². The molecule has 1 aliphatic heterocycles. The molecule has 10 heavy (non-hydrogen) atoms. The topological polar surface area (TPSA) is 32.3 Å². The second-order valence-electron chi connectivity index (χ2n) is 3.48. The Balaban J connectivity index is 0.000000500. The van der Waals surface area contributed by atoms with Crippen LogP contribution in [0.2, 0.25) is 0 Å². The first-order valence-corrected chi connectivity index (χ1v) is 3.69. The standard InChI is InChI=1S/C7H13NO.ClH/c9-5-7-2-1-6(3-7)8-4-7;/h6,8-9H,1-5H2;1H/t6-,7-;/m1./s1. The lowest BCUT2D eigenvalue weighted by molar-refractivity contribution is 0.144. The fourth-order valence-electron chi connectivity index (χ4n) is 2.10. The highest BCUT2D eigenvalue weighted by Gasteiger charge is 2.43. The third-order valence-corrected chi connectivity index (χ3v) is 2.80. The Labute approximate surface area is 67.4 Å². The van der Waals surface area contributed by atoms with Crippen molar-refractivity contribution in [3.8, 4) is 0 Å². The minimum atomic E-state index is 0. The molecular formula is C7H14ClNO. The molecule has 1 heterocycles. The van der Waals surface area contributed by atoms with Crippen LogP contribution in [0.5, 0.6) is 0 Å². The molecule has 1 saturated carbocycles. The fourth-order valence-corrected chi connectivity index (χ4v) is 2.10. The van der Waals surface area contributed by atoms with Crippen molar-refractivity contribution in [2.45, 2.75) is 25.3 Å². The van der Waals surface area contributed by atoms with Gasteiger partial charge in [-0.2, -0.15) is 0 Å². The summed E-state index contributed by atoms with van der Waals surface area (Å²) < 4.78 is 0. The van der Waals surface area contributed by atoms with Gasteiger partial charge in [0.25, 0.3) is 0 Å². The summed E-state index contributed by atoms with van der Waals surface area (Å²) >= 11 is 0. The summed E-state index contributed by atoms with van der Waals surface area (Å²) in [6.45, 7) is 1.44. The molecule has 2 atom stereocenters. The monoisotopic (exact) mass is 163 g/mol. The van der Waals surface area contributed by atoms with Gasteiger partial charge in [-0.05, 0) is 19.3 Å². The van der Waals surface area contributed by atoms with E-state index in [1.165, 1.54) is 19.3 Å². The van der Waals surface area contributed by atoms with Crippen LogP contribution in [0.4, 0.5) is 0 Å². The lowest BCUT2D eigenvalue weighted by Crippen LogP contribution is -2.31. The molecule has 0 radical (unpaired) electrons. The van der Waals surface area contributed by atoms with Gasteiger partial charge in [0.1, 0.15) is 0 Å². The van der Waals surface area contributed by atoms with E-state index < -0.39 is 0 Å². The van der Waals surface area contributed by atoms with E-state index in [-0.39, 0.29) is 12.4 Å².